The van der Waals surface area contributed by atoms with E-state index in [2.05, 4.69) is 26.4 Å². The highest BCUT2D eigenvalue weighted by Crippen LogP contribution is 2.16. The second-order valence-electron chi connectivity index (χ2n) is 5.70. The number of halogens is 1. The summed E-state index contributed by atoms with van der Waals surface area (Å²) in [5, 5.41) is 9.38. The molecule has 4 N–H and O–H groups in total. The fourth-order valence-corrected chi connectivity index (χ4v) is 2.56. The van der Waals surface area contributed by atoms with Gasteiger partial charge in [0.1, 0.15) is 5.69 Å². The maximum absolute atomic E-state index is 12.1. The fraction of sp³-hybridized carbons (Fsp3) is 0.0526. The number of amides is 3. The normalized spacial score (nSPS) is 10.2. The van der Waals surface area contributed by atoms with Gasteiger partial charge in [-0.2, -0.15) is 5.10 Å². The molecule has 0 bridgehead atoms. The van der Waals surface area contributed by atoms with Crippen molar-refractivity contribution in [3.63, 3.8) is 0 Å². The van der Waals surface area contributed by atoms with E-state index < -0.39 is 17.7 Å². The van der Waals surface area contributed by atoms with Crippen molar-refractivity contribution in [2.75, 3.05) is 6.54 Å². The van der Waals surface area contributed by atoms with Crippen LogP contribution in [0.25, 0.3) is 11.3 Å². The number of aromatic amines is 1. The van der Waals surface area contributed by atoms with E-state index in [9.17, 15) is 14.4 Å². The first-order chi connectivity index (χ1) is 13.5. The molecule has 0 aliphatic carbocycles. The minimum absolute atomic E-state index is 0.180. The zero-order chi connectivity index (χ0) is 19.9. The van der Waals surface area contributed by atoms with Crippen LogP contribution in [0.2, 0.25) is 5.02 Å². The van der Waals surface area contributed by atoms with Crippen molar-refractivity contribution >= 4 is 29.3 Å². The van der Waals surface area contributed by atoms with Crippen LogP contribution in [0.15, 0.2) is 60.7 Å². The quantitative estimate of drug-likeness (QED) is 0.492. The second kappa shape index (κ2) is 8.83. The summed E-state index contributed by atoms with van der Waals surface area (Å²) in [4.78, 5) is 35.9. The van der Waals surface area contributed by atoms with E-state index in [0.29, 0.717) is 5.69 Å². The molecule has 0 spiro atoms. The lowest BCUT2D eigenvalue weighted by Crippen LogP contribution is -2.46. The molecule has 0 aliphatic rings. The number of H-pyrrole nitrogens is 1. The Morgan fingerprint density at radius 2 is 1.64 bits per heavy atom. The number of carbonyl (C=O) groups is 3. The molecule has 1 heterocycles. The van der Waals surface area contributed by atoms with E-state index in [4.69, 9.17) is 11.6 Å². The Labute approximate surface area is 165 Å². The van der Waals surface area contributed by atoms with Gasteiger partial charge in [-0.15, -0.1) is 0 Å². The highest BCUT2D eigenvalue weighted by molar-refractivity contribution is 6.33. The lowest BCUT2D eigenvalue weighted by atomic mass is 10.1. The molecule has 3 amide bonds. The molecule has 1 aromatic heterocycles. The Balaban J connectivity index is 1.48. The van der Waals surface area contributed by atoms with Gasteiger partial charge in [-0.3, -0.25) is 30.3 Å². The summed E-state index contributed by atoms with van der Waals surface area (Å²) in [7, 11) is 0. The Kier molecular flexibility index (Phi) is 6.03. The van der Waals surface area contributed by atoms with Crippen LogP contribution < -0.4 is 16.2 Å². The zero-order valence-electron chi connectivity index (χ0n) is 14.5. The third kappa shape index (κ3) is 4.74. The molecule has 2 aromatic carbocycles. The van der Waals surface area contributed by atoms with Crippen LogP contribution in [-0.4, -0.2) is 34.5 Å². The van der Waals surface area contributed by atoms with Crippen LogP contribution in [0.3, 0.4) is 0 Å². The molecule has 0 aliphatic heterocycles. The molecule has 0 saturated heterocycles. The number of benzene rings is 2. The van der Waals surface area contributed by atoms with E-state index in [1.165, 1.54) is 0 Å². The van der Waals surface area contributed by atoms with Gasteiger partial charge in [0.05, 0.1) is 22.8 Å². The van der Waals surface area contributed by atoms with Gasteiger partial charge in [-0.1, -0.05) is 54.1 Å². The van der Waals surface area contributed by atoms with Crippen LogP contribution in [0.4, 0.5) is 0 Å². The van der Waals surface area contributed by atoms with Crippen molar-refractivity contribution < 1.29 is 14.4 Å². The van der Waals surface area contributed by atoms with Crippen LogP contribution in [-0.2, 0) is 4.79 Å². The van der Waals surface area contributed by atoms with Gasteiger partial charge in [-0.25, -0.2) is 0 Å². The summed E-state index contributed by atoms with van der Waals surface area (Å²) >= 11 is 5.92. The van der Waals surface area contributed by atoms with Gasteiger partial charge < -0.3 is 5.32 Å². The summed E-state index contributed by atoms with van der Waals surface area (Å²) in [5.74, 6) is -1.66. The van der Waals surface area contributed by atoms with E-state index in [-0.39, 0.29) is 22.8 Å². The van der Waals surface area contributed by atoms with E-state index in [1.54, 1.807) is 30.3 Å². The predicted octanol–water partition coefficient (Wildman–Crippen LogP) is 1.92. The summed E-state index contributed by atoms with van der Waals surface area (Å²) in [6, 6.07) is 17.4. The van der Waals surface area contributed by atoms with Crippen molar-refractivity contribution in [1.82, 2.24) is 26.4 Å². The van der Waals surface area contributed by atoms with Gasteiger partial charge in [0.25, 0.3) is 17.7 Å². The van der Waals surface area contributed by atoms with Crippen molar-refractivity contribution in [1.29, 1.82) is 0 Å². The molecule has 9 heteroatoms. The van der Waals surface area contributed by atoms with Crippen LogP contribution in [0.1, 0.15) is 20.8 Å². The zero-order valence-corrected chi connectivity index (χ0v) is 15.3. The monoisotopic (exact) mass is 397 g/mol. The topological polar surface area (TPSA) is 116 Å². The molecule has 0 fully saturated rings. The van der Waals surface area contributed by atoms with Crippen molar-refractivity contribution in [2.24, 2.45) is 0 Å². The number of hydrogen-bond donors (Lipinski definition) is 4. The maximum atomic E-state index is 12.1. The van der Waals surface area contributed by atoms with E-state index in [0.717, 1.165) is 5.56 Å². The van der Waals surface area contributed by atoms with Gasteiger partial charge >= 0.3 is 0 Å². The Bertz CT molecular complexity index is 1000. The highest BCUT2D eigenvalue weighted by Gasteiger charge is 2.13. The molecule has 0 saturated carbocycles. The van der Waals surface area contributed by atoms with Crippen LogP contribution >= 0.6 is 11.6 Å². The number of nitrogens with one attached hydrogen (secondary N) is 4. The molecule has 28 heavy (non-hydrogen) atoms. The first kappa shape index (κ1) is 19.1. The Morgan fingerprint density at radius 1 is 0.929 bits per heavy atom. The summed E-state index contributed by atoms with van der Waals surface area (Å²) in [6.45, 7) is -0.331. The summed E-state index contributed by atoms with van der Waals surface area (Å²) < 4.78 is 0. The number of aromatic nitrogens is 2. The number of hydrazine groups is 1. The van der Waals surface area contributed by atoms with Crippen LogP contribution in [0.5, 0.6) is 0 Å². The molecule has 0 unspecified atom stereocenters. The smallest absolute Gasteiger partial charge is 0.287 e. The standard InChI is InChI=1S/C19H16ClN5O3/c20-14-9-5-4-8-13(14)18(27)21-11-17(26)24-25-19(28)16-10-15(22-23-16)12-6-2-1-3-7-12/h1-10H,11H2,(H,21,27)(H,22,23)(H,24,26)(H,25,28). The fourth-order valence-electron chi connectivity index (χ4n) is 2.33. The number of nitrogens with zero attached hydrogens (tertiary/aromatic N) is 1. The third-order valence-corrected chi connectivity index (χ3v) is 4.07. The largest absolute Gasteiger partial charge is 0.343 e. The Hall–Kier alpha value is -3.65. The first-order valence-corrected chi connectivity index (χ1v) is 8.65. The molecule has 3 aromatic rings. The SMILES string of the molecule is O=C(CNC(=O)c1ccccc1Cl)NNC(=O)c1cc(-c2ccccc2)n[nH]1. The van der Waals surface area contributed by atoms with Gasteiger partial charge in [0.15, 0.2) is 0 Å². The molecule has 0 radical (unpaired) electrons. The minimum Gasteiger partial charge on any atom is -0.343 e. The average Bonchev–Trinajstić information content (AvgIpc) is 3.21. The molecular formula is C19H16ClN5O3. The highest BCUT2D eigenvalue weighted by atomic mass is 35.5. The van der Waals surface area contributed by atoms with Crippen molar-refractivity contribution in [2.45, 2.75) is 0 Å². The summed E-state index contributed by atoms with van der Waals surface area (Å²) in [5.41, 5.74) is 6.36. The minimum atomic E-state index is -0.600. The molecule has 8 nitrogen and oxygen atoms in total. The van der Waals surface area contributed by atoms with Gasteiger partial charge in [-0.05, 0) is 18.2 Å². The molecule has 0 atom stereocenters. The summed E-state index contributed by atoms with van der Waals surface area (Å²) in [6.07, 6.45) is 0. The third-order valence-electron chi connectivity index (χ3n) is 3.74. The molecule has 142 valence electrons. The molecular weight excluding hydrogens is 382 g/mol. The van der Waals surface area contributed by atoms with Crippen molar-refractivity contribution in [3.8, 4) is 11.3 Å². The van der Waals surface area contributed by atoms with Crippen molar-refractivity contribution in [3.05, 3.63) is 76.9 Å². The number of rotatable bonds is 5. The maximum Gasteiger partial charge on any atom is 0.287 e. The van der Waals surface area contributed by atoms with Gasteiger partial charge in [0, 0.05) is 5.56 Å². The predicted molar refractivity (Wildman–Crippen MR) is 103 cm³/mol. The number of carbonyl (C=O) groups excluding carboxylic acids is 3. The molecule has 3 rings (SSSR count). The van der Waals surface area contributed by atoms with Gasteiger partial charge in [0.2, 0.25) is 0 Å². The first-order valence-electron chi connectivity index (χ1n) is 8.27. The Morgan fingerprint density at radius 3 is 2.39 bits per heavy atom. The van der Waals surface area contributed by atoms with E-state index in [1.807, 2.05) is 30.3 Å². The van der Waals surface area contributed by atoms with E-state index >= 15 is 0 Å². The lowest BCUT2D eigenvalue weighted by Gasteiger charge is -2.08. The lowest BCUT2D eigenvalue weighted by molar-refractivity contribution is -0.120. The second-order valence-corrected chi connectivity index (χ2v) is 6.10. The average molecular weight is 398 g/mol. The van der Waals surface area contributed by atoms with Crippen LogP contribution in [0, 0.1) is 0 Å². The number of hydrogen-bond acceptors (Lipinski definition) is 4.